The molecule has 2 aromatic rings. The summed E-state index contributed by atoms with van der Waals surface area (Å²) >= 11 is 5.79. The molecule has 1 heterocycles. The summed E-state index contributed by atoms with van der Waals surface area (Å²) < 4.78 is 0. The topological polar surface area (TPSA) is 58.0 Å². The maximum absolute atomic E-state index is 10.1. The molecule has 1 aromatic carbocycles. The lowest BCUT2D eigenvalue weighted by molar-refractivity contribution is 0.165. The van der Waals surface area contributed by atoms with E-state index in [1.807, 2.05) is 24.3 Å². The minimum atomic E-state index is -0.455. The predicted octanol–water partition coefficient (Wildman–Crippen LogP) is 2.20. The summed E-state index contributed by atoms with van der Waals surface area (Å²) in [5.41, 5.74) is 2.27. The molecule has 0 bridgehead atoms. The van der Waals surface area contributed by atoms with E-state index >= 15 is 0 Å². The first-order chi connectivity index (χ1) is 8.74. The minimum absolute atomic E-state index is 0.158. The number of fused-ring (bicyclic) bond motifs is 1. The number of nitrogens with one attached hydrogen (secondary N) is 1. The van der Waals surface area contributed by atoms with Crippen LogP contribution in [0.5, 0.6) is 0 Å². The number of aromatic nitrogens is 2. The maximum Gasteiger partial charge on any atom is 0.149 e. The van der Waals surface area contributed by atoms with E-state index in [0.717, 1.165) is 11.1 Å². The molecule has 0 saturated heterocycles. The smallest absolute Gasteiger partial charge is 0.149 e. The molecule has 0 saturated carbocycles. The van der Waals surface area contributed by atoms with E-state index in [1.54, 1.807) is 6.20 Å². The van der Waals surface area contributed by atoms with Gasteiger partial charge >= 0.3 is 0 Å². The number of nitrogens with zero attached hydrogens (tertiary/aromatic N) is 2. The molecule has 2 unspecified atom stereocenters. The van der Waals surface area contributed by atoms with Crippen molar-refractivity contribution in [3.63, 3.8) is 0 Å². The first-order valence-corrected chi connectivity index (χ1v) is 6.12. The molecular weight excluding hydrogens is 250 g/mol. The highest BCUT2D eigenvalue weighted by Gasteiger charge is 2.30. The van der Waals surface area contributed by atoms with Crippen molar-refractivity contribution in [2.75, 3.05) is 5.32 Å². The summed E-state index contributed by atoms with van der Waals surface area (Å²) in [6.45, 7) is 0. The van der Waals surface area contributed by atoms with Crippen LogP contribution in [0.25, 0.3) is 0 Å². The van der Waals surface area contributed by atoms with Crippen molar-refractivity contribution >= 4 is 17.4 Å². The van der Waals surface area contributed by atoms with Crippen LogP contribution in [0.4, 0.5) is 5.82 Å². The summed E-state index contributed by atoms with van der Waals surface area (Å²) in [5.74, 6) is 0.572. The van der Waals surface area contributed by atoms with Crippen LogP contribution < -0.4 is 5.32 Å². The molecule has 0 radical (unpaired) electrons. The van der Waals surface area contributed by atoms with E-state index in [9.17, 15) is 5.11 Å². The van der Waals surface area contributed by atoms with Gasteiger partial charge in [-0.1, -0.05) is 35.9 Å². The average Bonchev–Trinajstić information content (AvgIpc) is 2.66. The normalized spacial score (nSPS) is 21.7. The van der Waals surface area contributed by atoms with Crippen molar-refractivity contribution in [1.82, 2.24) is 9.97 Å². The van der Waals surface area contributed by atoms with E-state index in [2.05, 4.69) is 15.3 Å². The van der Waals surface area contributed by atoms with Gasteiger partial charge in [0.2, 0.25) is 0 Å². The SMILES string of the molecule is OC1Cc2ccccc2C1Nc1cncc(Cl)n1. The quantitative estimate of drug-likeness (QED) is 0.870. The Morgan fingerprint density at radius 1 is 1.28 bits per heavy atom. The molecule has 0 aliphatic heterocycles. The van der Waals surface area contributed by atoms with Crippen molar-refractivity contribution in [2.24, 2.45) is 0 Å². The van der Waals surface area contributed by atoms with E-state index in [0.29, 0.717) is 17.4 Å². The molecule has 1 aliphatic carbocycles. The number of halogens is 1. The lowest BCUT2D eigenvalue weighted by atomic mass is 10.1. The first-order valence-electron chi connectivity index (χ1n) is 5.74. The van der Waals surface area contributed by atoms with Crippen molar-refractivity contribution in [2.45, 2.75) is 18.6 Å². The van der Waals surface area contributed by atoms with Gasteiger partial charge in [0.05, 0.1) is 24.5 Å². The van der Waals surface area contributed by atoms with Crippen molar-refractivity contribution in [3.05, 3.63) is 52.9 Å². The first kappa shape index (κ1) is 11.4. The third-order valence-corrected chi connectivity index (χ3v) is 3.29. The number of hydrogen-bond acceptors (Lipinski definition) is 4. The summed E-state index contributed by atoms with van der Waals surface area (Å²) in [4.78, 5) is 8.09. The fourth-order valence-electron chi connectivity index (χ4n) is 2.32. The van der Waals surface area contributed by atoms with Gasteiger partial charge in [0, 0.05) is 6.42 Å². The van der Waals surface area contributed by atoms with Crippen LogP contribution in [0.15, 0.2) is 36.7 Å². The number of rotatable bonds is 2. The van der Waals surface area contributed by atoms with E-state index in [-0.39, 0.29) is 6.04 Å². The number of aliphatic hydroxyl groups is 1. The summed E-state index contributed by atoms with van der Waals surface area (Å²) in [6, 6.07) is 7.84. The fraction of sp³-hybridized carbons (Fsp3) is 0.231. The zero-order valence-electron chi connectivity index (χ0n) is 9.55. The zero-order chi connectivity index (χ0) is 12.5. The van der Waals surface area contributed by atoms with Crippen LogP contribution in [0, 0.1) is 0 Å². The summed E-state index contributed by atoms with van der Waals surface area (Å²) in [5, 5.41) is 13.6. The number of aliphatic hydroxyl groups excluding tert-OH is 1. The van der Waals surface area contributed by atoms with Gasteiger partial charge in [-0.05, 0) is 11.1 Å². The Morgan fingerprint density at radius 3 is 2.94 bits per heavy atom. The van der Waals surface area contributed by atoms with Gasteiger partial charge < -0.3 is 10.4 Å². The highest BCUT2D eigenvalue weighted by atomic mass is 35.5. The van der Waals surface area contributed by atoms with Crippen molar-refractivity contribution < 1.29 is 5.11 Å². The van der Waals surface area contributed by atoms with Gasteiger partial charge in [-0.3, -0.25) is 4.98 Å². The monoisotopic (exact) mass is 261 g/mol. The lowest BCUT2D eigenvalue weighted by Crippen LogP contribution is -2.21. The summed E-state index contributed by atoms with van der Waals surface area (Å²) in [6.07, 6.45) is 3.27. The Bertz CT molecular complexity index is 576. The van der Waals surface area contributed by atoms with Crippen LogP contribution in [-0.4, -0.2) is 21.2 Å². The molecule has 0 fully saturated rings. The maximum atomic E-state index is 10.1. The highest BCUT2D eigenvalue weighted by Crippen LogP contribution is 2.33. The minimum Gasteiger partial charge on any atom is -0.390 e. The molecule has 92 valence electrons. The lowest BCUT2D eigenvalue weighted by Gasteiger charge is -2.18. The van der Waals surface area contributed by atoms with Gasteiger partial charge in [0.15, 0.2) is 0 Å². The van der Waals surface area contributed by atoms with Crippen LogP contribution in [0.1, 0.15) is 17.2 Å². The third kappa shape index (κ3) is 2.05. The Kier molecular flexibility index (Phi) is 2.89. The number of benzene rings is 1. The molecule has 18 heavy (non-hydrogen) atoms. The van der Waals surface area contributed by atoms with Crippen molar-refractivity contribution in [3.8, 4) is 0 Å². The van der Waals surface area contributed by atoms with E-state index in [4.69, 9.17) is 11.6 Å². The molecule has 4 nitrogen and oxygen atoms in total. The van der Waals surface area contributed by atoms with E-state index in [1.165, 1.54) is 6.20 Å². The molecule has 2 N–H and O–H groups in total. The molecule has 5 heteroatoms. The zero-order valence-corrected chi connectivity index (χ0v) is 10.3. The van der Waals surface area contributed by atoms with Crippen LogP contribution in [0.3, 0.4) is 0 Å². The van der Waals surface area contributed by atoms with Gasteiger partial charge in [-0.25, -0.2) is 4.98 Å². The van der Waals surface area contributed by atoms with Gasteiger partial charge in [-0.15, -0.1) is 0 Å². The average molecular weight is 262 g/mol. The molecule has 0 spiro atoms. The van der Waals surface area contributed by atoms with Gasteiger partial charge in [-0.2, -0.15) is 0 Å². The van der Waals surface area contributed by atoms with Crippen molar-refractivity contribution in [1.29, 1.82) is 0 Å². The molecule has 2 atom stereocenters. The van der Waals surface area contributed by atoms with E-state index < -0.39 is 6.10 Å². The van der Waals surface area contributed by atoms with Crippen LogP contribution in [-0.2, 0) is 6.42 Å². The largest absolute Gasteiger partial charge is 0.390 e. The van der Waals surface area contributed by atoms with Gasteiger partial charge in [0.1, 0.15) is 11.0 Å². The molecule has 1 aliphatic rings. The predicted molar refractivity (Wildman–Crippen MR) is 69.6 cm³/mol. The molecular formula is C13H12ClN3O. The Morgan fingerprint density at radius 2 is 2.11 bits per heavy atom. The molecule has 0 amide bonds. The highest BCUT2D eigenvalue weighted by molar-refractivity contribution is 6.29. The fourth-order valence-corrected chi connectivity index (χ4v) is 2.47. The number of anilines is 1. The molecule has 1 aromatic heterocycles. The third-order valence-electron chi connectivity index (χ3n) is 3.11. The Labute approximate surface area is 110 Å². The Hall–Kier alpha value is -1.65. The standard InChI is InChI=1S/C13H12ClN3O/c14-11-6-15-7-12(16-11)17-13-9-4-2-1-3-8(9)5-10(13)18/h1-4,6-7,10,13,18H,5H2,(H,16,17). The second kappa shape index (κ2) is 4.55. The van der Waals surface area contributed by atoms with Crippen LogP contribution >= 0.6 is 11.6 Å². The van der Waals surface area contributed by atoms with Crippen LogP contribution in [0.2, 0.25) is 5.15 Å². The Balaban J connectivity index is 1.89. The second-order valence-electron chi connectivity index (χ2n) is 4.32. The second-order valence-corrected chi connectivity index (χ2v) is 4.71. The summed E-state index contributed by atoms with van der Waals surface area (Å²) in [7, 11) is 0. The number of hydrogen-bond donors (Lipinski definition) is 2. The molecule has 3 rings (SSSR count). The van der Waals surface area contributed by atoms with Gasteiger partial charge in [0.25, 0.3) is 0 Å².